The van der Waals surface area contributed by atoms with Crippen LogP contribution < -0.4 is 4.74 Å². The number of hydroxylamine groups is 2. The fraction of sp³-hybridized carbons (Fsp3) is 0.294. The van der Waals surface area contributed by atoms with Crippen LogP contribution in [0.1, 0.15) is 23.6 Å². The highest BCUT2D eigenvalue weighted by Gasteiger charge is 2.19. The van der Waals surface area contributed by atoms with Crippen LogP contribution in [0, 0.1) is 6.92 Å². The lowest BCUT2D eigenvalue weighted by Gasteiger charge is -2.21. The van der Waals surface area contributed by atoms with Crippen LogP contribution in [-0.4, -0.2) is 34.7 Å². The van der Waals surface area contributed by atoms with E-state index in [9.17, 15) is 5.21 Å². The van der Waals surface area contributed by atoms with E-state index in [1.54, 1.807) is 13.3 Å². The Labute approximate surface area is 130 Å². The maximum atomic E-state index is 10.5. The maximum absolute atomic E-state index is 10.5. The standard InChI is InChI=1S/C17H21N3O2/c1-4-18-16(15-13(2)10-11-19-17(15)22-3)20(21)12-14-8-6-5-7-9-14/h5-11,21H,4,12H2,1-3H3. The Morgan fingerprint density at radius 2 is 2.00 bits per heavy atom. The molecule has 0 bridgehead atoms. The second kappa shape index (κ2) is 7.56. The van der Waals surface area contributed by atoms with Gasteiger partial charge >= 0.3 is 0 Å². The molecule has 0 atom stereocenters. The molecule has 22 heavy (non-hydrogen) atoms. The van der Waals surface area contributed by atoms with E-state index < -0.39 is 0 Å². The van der Waals surface area contributed by atoms with Gasteiger partial charge < -0.3 is 4.74 Å². The summed E-state index contributed by atoms with van der Waals surface area (Å²) in [6.45, 7) is 4.77. The topological polar surface area (TPSA) is 58.0 Å². The van der Waals surface area contributed by atoms with Crippen molar-refractivity contribution >= 4 is 5.84 Å². The van der Waals surface area contributed by atoms with Gasteiger partial charge in [0.15, 0.2) is 5.84 Å². The van der Waals surface area contributed by atoms with Gasteiger partial charge in [-0.05, 0) is 31.0 Å². The van der Waals surface area contributed by atoms with Gasteiger partial charge in [0, 0.05) is 12.7 Å². The Morgan fingerprint density at radius 3 is 2.64 bits per heavy atom. The van der Waals surface area contributed by atoms with Crippen molar-refractivity contribution in [1.29, 1.82) is 0 Å². The molecule has 1 heterocycles. The summed E-state index contributed by atoms with van der Waals surface area (Å²) in [6, 6.07) is 11.6. The van der Waals surface area contributed by atoms with Crippen molar-refractivity contribution in [3.05, 3.63) is 59.3 Å². The largest absolute Gasteiger partial charge is 0.480 e. The average molecular weight is 299 g/mol. The Kier molecular flexibility index (Phi) is 5.49. The first-order valence-corrected chi connectivity index (χ1v) is 7.22. The minimum atomic E-state index is 0.344. The molecule has 1 aromatic heterocycles. The lowest BCUT2D eigenvalue weighted by atomic mass is 10.1. The molecule has 0 unspecified atom stereocenters. The highest BCUT2D eigenvalue weighted by Crippen LogP contribution is 2.22. The van der Waals surface area contributed by atoms with Crippen LogP contribution in [0.4, 0.5) is 0 Å². The number of aromatic nitrogens is 1. The Bertz CT molecular complexity index is 642. The second-order valence-corrected chi connectivity index (χ2v) is 4.85. The molecule has 0 spiro atoms. The number of rotatable bonds is 5. The molecule has 116 valence electrons. The summed E-state index contributed by atoms with van der Waals surface area (Å²) in [5.74, 6) is 0.924. The van der Waals surface area contributed by atoms with Crippen molar-refractivity contribution in [2.45, 2.75) is 20.4 Å². The van der Waals surface area contributed by atoms with E-state index in [0.717, 1.165) is 16.2 Å². The summed E-state index contributed by atoms with van der Waals surface area (Å²) in [5, 5.41) is 11.7. The van der Waals surface area contributed by atoms with Crippen LogP contribution in [0.15, 0.2) is 47.6 Å². The predicted octanol–water partition coefficient (Wildman–Crippen LogP) is 3.06. The molecular weight excluding hydrogens is 278 g/mol. The molecule has 0 radical (unpaired) electrons. The predicted molar refractivity (Wildman–Crippen MR) is 86.4 cm³/mol. The number of methoxy groups -OCH3 is 1. The normalized spacial score (nSPS) is 11.4. The molecule has 0 fully saturated rings. The lowest BCUT2D eigenvalue weighted by molar-refractivity contribution is -0.0225. The van der Waals surface area contributed by atoms with E-state index in [2.05, 4.69) is 9.98 Å². The number of hydrogen-bond donors (Lipinski definition) is 1. The first kappa shape index (κ1) is 16.0. The molecule has 2 aromatic rings. The van der Waals surface area contributed by atoms with Gasteiger partial charge in [0.2, 0.25) is 5.88 Å². The van der Waals surface area contributed by atoms with E-state index >= 15 is 0 Å². The molecule has 2 rings (SSSR count). The summed E-state index contributed by atoms with van der Waals surface area (Å²) in [5.41, 5.74) is 2.66. The molecule has 5 nitrogen and oxygen atoms in total. The zero-order valence-electron chi connectivity index (χ0n) is 13.2. The molecule has 0 aliphatic carbocycles. The van der Waals surface area contributed by atoms with Gasteiger partial charge in [0.1, 0.15) is 0 Å². The van der Waals surface area contributed by atoms with Crippen LogP contribution in [0.5, 0.6) is 5.88 Å². The third-order valence-corrected chi connectivity index (χ3v) is 3.27. The van der Waals surface area contributed by atoms with E-state index in [-0.39, 0.29) is 0 Å². The number of ether oxygens (including phenoxy) is 1. The van der Waals surface area contributed by atoms with E-state index in [4.69, 9.17) is 4.74 Å². The highest BCUT2D eigenvalue weighted by molar-refractivity contribution is 6.01. The number of hydrogen-bond acceptors (Lipinski definition) is 4. The fourth-order valence-electron chi connectivity index (χ4n) is 2.23. The average Bonchev–Trinajstić information content (AvgIpc) is 2.53. The molecule has 0 saturated carbocycles. The summed E-state index contributed by atoms with van der Waals surface area (Å²) >= 11 is 0. The van der Waals surface area contributed by atoms with Crippen molar-refractivity contribution in [1.82, 2.24) is 10.0 Å². The zero-order valence-corrected chi connectivity index (χ0v) is 13.2. The molecule has 0 saturated heterocycles. The molecule has 0 amide bonds. The van der Waals surface area contributed by atoms with Gasteiger partial charge in [0.05, 0.1) is 19.2 Å². The van der Waals surface area contributed by atoms with Crippen LogP contribution in [0.3, 0.4) is 0 Å². The molecule has 0 aliphatic rings. The maximum Gasteiger partial charge on any atom is 0.224 e. The van der Waals surface area contributed by atoms with E-state index in [1.807, 2.05) is 50.2 Å². The highest BCUT2D eigenvalue weighted by atomic mass is 16.5. The van der Waals surface area contributed by atoms with Gasteiger partial charge in [0.25, 0.3) is 0 Å². The van der Waals surface area contributed by atoms with Crippen LogP contribution in [0.25, 0.3) is 0 Å². The first-order chi connectivity index (χ1) is 10.7. The van der Waals surface area contributed by atoms with Gasteiger partial charge in [-0.25, -0.2) is 10.0 Å². The second-order valence-electron chi connectivity index (χ2n) is 4.85. The number of pyridine rings is 1. The quantitative estimate of drug-likeness (QED) is 0.524. The van der Waals surface area contributed by atoms with Crippen LogP contribution >= 0.6 is 0 Å². The third-order valence-electron chi connectivity index (χ3n) is 3.27. The minimum absolute atomic E-state index is 0.344. The SMILES string of the molecule is CCN=C(c1c(C)ccnc1OC)N(O)Cc1ccccc1. The molecule has 1 aromatic carbocycles. The molecule has 5 heteroatoms. The molecule has 0 aliphatic heterocycles. The van der Waals surface area contributed by atoms with E-state index in [0.29, 0.717) is 30.4 Å². The smallest absolute Gasteiger partial charge is 0.224 e. The zero-order chi connectivity index (χ0) is 15.9. The van der Waals surface area contributed by atoms with Crippen LogP contribution in [-0.2, 0) is 6.54 Å². The van der Waals surface area contributed by atoms with Crippen molar-refractivity contribution in [2.24, 2.45) is 4.99 Å². The summed E-state index contributed by atoms with van der Waals surface area (Å²) in [6.07, 6.45) is 1.68. The fourth-order valence-corrected chi connectivity index (χ4v) is 2.23. The summed E-state index contributed by atoms with van der Waals surface area (Å²) in [4.78, 5) is 8.64. The Hall–Kier alpha value is -2.40. The van der Waals surface area contributed by atoms with Crippen LogP contribution in [0.2, 0.25) is 0 Å². The van der Waals surface area contributed by atoms with Gasteiger partial charge in [-0.1, -0.05) is 30.3 Å². The van der Waals surface area contributed by atoms with Crippen molar-refractivity contribution in [3.63, 3.8) is 0 Å². The van der Waals surface area contributed by atoms with Crippen molar-refractivity contribution in [3.8, 4) is 5.88 Å². The third kappa shape index (κ3) is 3.62. The van der Waals surface area contributed by atoms with Crippen molar-refractivity contribution in [2.75, 3.05) is 13.7 Å². The van der Waals surface area contributed by atoms with Gasteiger partial charge in [-0.3, -0.25) is 10.2 Å². The number of nitrogens with zero attached hydrogens (tertiary/aromatic N) is 3. The summed E-state index contributed by atoms with van der Waals surface area (Å²) in [7, 11) is 1.56. The lowest BCUT2D eigenvalue weighted by Crippen LogP contribution is -2.29. The monoisotopic (exact) mass is 299 g/mol. The number of aliphatic imine (C=N–C) groups is 1. The summed E-state index contributed by atoms with van der Waals surface area (Å²) < 4.78 is 5.32. The van der Waals surface area contributed by atoms with Crippen molar-refractivity contribution < 1.29 is 9.94 Å². The van der Waals surface area contributed by atoms with Gasteiger partial charge in [-0.15, -0.1) is 0 Å². The van der Waals surface area contributed by atoms with E-state index in [1.165, 1.54) is 0 Å². The Balaban J connectivity index is 2.37. The molecule has 1 N–H and O–H groups in total. The van der Waals surface area contributed by atoms with Gasteiger partial charge in [-0.2, -0.15) is 0 Å². The first-order valence-electron chi connectivity index (χ1n) is 7.22. The minimum Gasteiger partial charge on any atom is -0.480 e. The molecular formula is C17H21N3O2. The Morgan fingerprint density at radius 1 is 1.27 bits per heavy atom. The number of aryl methyl sites for hydroxylation is 1. The number of amidine groups is 1. The number of benzene rings is 1.